The first-order valence-electron chi connectivity index (χ1n) is 4.97. The lowest BCUT2D eigenvalue weighted by atomic mass is 10.3. The summed E-state index contributed by atoms with van der Waals surface area (Å²) in [6.07, 6.45) is 1.09. The summed E-state index contributed by atoms with van der Waals surface area (Å²) in [6.45, 7) is 3.78. The average Bonchev–Trinajstić information content (AvgIpc) is 2.25. The van der Waals surface area contributed by atoms with E-state index in [1.54, 1.807) is 0 Å². The summed E-state index contributed by atoms with van der Waals surface area (Å²) < 4.78 is 4.78. The van der Waals surface area contributed by atoms with Crippen molar-refractivity contribution in [3.05, 3.63) is 12.7 Å². The number of aliphatic hydroxyl groups is 1. The number of aliphatic hydroxyl groups excluding tert-OH is 1. The summed E-state index contributed by atoms with van der Waals surface area (Å²) in [5.41, 5.74) is 0. The Kier molecular flexibility index (Phi) is 7.87. The molecule has 0 aliphatic heterocycles. The maximum Gasteiger partial charge on any atom is 0.410 e. The number of carboxylic acids is 1. The van der Waals surface area contributed by atoms with Crippen molar-refractivity contribution in [1.29, 1.82) is 0 Å². The number of rotatable bonds is 8. The van der Waals surface area contributed by atoms with Gasteiger partial charge in [-0.1, -0.05) is 12.7 Å². The first-order chi connectivity index (χ1) is 7.61. The van der Waals surface area contributed by atoms with Gasteiger partial charge in [-0.05, 0) is 6.42 Å². The van der Waals surface area contributed by atoms with E-state index < -0.39 is 12.1 Å². The van der Waals surface area contributed by atoms with Gasteiger partial charge in [0.2, 0.25) is 0 Å². The van der Waals surface area contributed by atoms with Crippen molar-refractivity contribution in [3.63, 3.8) is 0 Å². The summed E-state index contributed by atoms with van der Waals surface area (Å²) in [7, 11) is 0. The molecule has 2 N–H and O–H groups in total. The number of hydrogen-bond donors (Lipinski definition) is 2. The Morgan fingerprint density at radius 1 is 1.38 bits per heavy atom. The molecular weight excluding hydrogens is 214 g/mol. The van der Waals surface area contributed by atoms with Crippen LogP contribution < -0.4 is 0 Å². The van der Waals surface area contributed by atoms with E-state index in [-0.39, 0.29) is 32.7 Å². The van der Waals surface area contributed by atoms with Crippen molar-refractivity contribution in [2.75, 3.05) is 26.3 Å². The Hall–Kier alpha value is -1.56. The second kappa shape index (κ2) is 8.72. The van der Waals surface area contributed by atoms with Gasteiger partial charge in [0, 0.05) is 19.7 Å². The van der Waals surface area contributed by atoms with Crippen LogP contribution in [0.3, 0.4) is 0 Å². The molecule has 0 heterocycles. The van der Waals surface area contributed by atoms with Crippen LogP contribution in [0.15, 0.2) is 12.7 Å². The predicted molar refractivity (Wildman–Crippen MR) is 57.1 cm³/mol. The van der Waals surface area contributed by atoms with E-state index in [1.165, 1.54) is 11.0 Å². The summed E-state index contributed by atoms with van der Waals surface area (Å²) in [5, 5.41) is 17.1. The lowest BCUT2D eigenvalue weighted by molar-refractivity contribution is -0.137. The Labute approximate surface area is 94.1 Å². The van der Waals surface area contributed by atoms with Gasteiger partial charge in [-0.2, -0.15) is 0 Å². The van der Waals surface area contributed by atoms with Crippen molar-refractivity contribution in [2.45, 2.75) is 12.8 Å². The maximum absolute atomic E-state index is 11.4. The molecule has 6 nitrogen and oxygen atoms in total. The molecule has 0 rings (SSSR count). The van der Waals surface area contributed by atoms with E-state index in [1.807, 2.05) is 0 Å². The quantitative estimate of drug-likeness (QED) is 0.593. The Balaban J connectivity index is 4.10. The topological polar surface area (TPSA) is 87.1 Å². The molecule has 0 bridgehead atoms. The minimum atomic E-state index is -0.981. The molecule has 0 fully saturated rings. The lowest BCUT2D eigenvalue weighted by Crippen LogP contribution is -2.34. The van der Waals surface area contributed by atoms with Crippen LogP contribution >= 0.6 is 0 Å². The molecular formula is C10H17NO5. The largest absolute Gasteiger partial charge is 0.481 e. The van der Waals surface area contributed by atoms with Crippen LogP contribution in [0, 0.1) is 0 Å². The van der Waals surface area contributed by atoms with E-state index >= 15 is 0 Å². The smallest absolute Gasteiger partial charge is 0.410 e. The highest BCUT2D eigenvalue weighted by atomic mass is 16.6. The molecule has 0 aliphatic rings. The minimum Gasteiger partial charge on any atom is -0.481 e. The molecule has 0 aliphatic carbocycles. The molecule has 0 spiro atoms. The van der Waals surface area contributed by atoms with Gasteiger partial charge in [-0.3, -0.25) is 4.79 Å². The fraction of sp³-hybridized carbons (Fsp3) is 0.600. The number of hydrogen-bond acceptors (Lipinski definition) is 4. The van der Waals surface area contributed by atoms with E-state index in [4.69, 9.17) is 14.9 Å². The number of aliphatic carboxylic acids is 1. The molecule has 0 aromatic rings. The van der Waals surface area contributed by atoms with Gasteiger partial charge in [0.05, 0.1) is 6.42 Å². The number of amides is 1. The SMILES string of the molecule is C=CCOC(=O)N(CCCO)CCC(=O)O. The van der Waals surface area contributed by atoms with Gasteiger partial charge in [0.1, 0.15) is 6.61 Å². The van der Waals surface area contributed by atoms with Gasteiger partial charge in [-0.25, -0.2) is 4.79 Å². The predicted octanol–water partition coefficient (Wildman–Crippen LogP) is 0.468. The molecule has 0 saturated carbocycles. The molecule has 92 valence electrons. The van der Waals surface area contributed by atoms with Crippen molar-refractivity contribution in [3.8, 4) is 0 Å². The number of carboxylic acid groups (broad SMARTS) is 1. The van der Waals surface area contributed by atoms with Crippen LogP contribution in [-0.4, -0.2) is 53.5 Å². The zero-order valence-electron chi connectivity index (χ0n) is 9.09. The van der Waals surface area contributed by atoms with Gasteiger partial charge < -0.3 is 19.8 Å². The fourth-order valence-corrected chi connectivity index (χ4v) is 1.01. The number of carbonyl (C=O) groups excluding carboxylic acids is 1. The van der Waals surface area contributed by atoms with E-state index in [0.29, 0.717) is 6.42 Å². The van der Waals surface area contributed by atoms with E-state index in [9.17, 15) is 9.59 Å². The normalized spacial score (nSPS) is 9.56. The standard InChI is InChI=1S/C10H17NO5/c1-2-8-16-10(15)11(5-3-7-12)6-4-9(13)14/h2,12H,1,3-8H2,(H,13,14). The molecule has 0 saturated heterocycles. The first kappa shape index (κ1) is 14.4. The zero-order valence-corrected chi connectivity index (χ0v) is 9.09. The highest BCUT2D eigenvalue weighted by Crippen LogP contribution is 1.99. The van der Waals surface area contributed by atoms with Crippen LogP contribution in [0.25, 0.3) is 0 Å². The van der Waals surface area contributed by atoms with Crippen LogP contribution in [0.5, 0.6) is 0 Å². The Bertz CT molecular complexity index is 241. The molecule has 0 atom stereocenters. The number of nitrogens with zero attached hydrogens (tertiary/aromatic N) is 1. The van der Waals surface area contributed by atoms with Crippen molar-refractivity contribution < 1.29 is 24.5 Å². The third-order valence-electron chi connectivity index (χ3n) is 1.76. The molecule has 0 aromatic heterocycles. The van der Waals surface area contributed by atoms with Crippen LogP contribution in [0.2, 0.25) is 0 Å². The monoisotopic (exact) mass is 231 g/mol. The molecule has 0 unspecified atom stereocenters. The van der Waals surface area contributed by atoms with E-state index in [0.717, 1.165) is 0 Å². The maximum atomic E-state index is 11.4. The zero-order chi connectivity index (χ0) is 12.4. The molecule has 0 aromatic carbocycles. The van der Waals surface area contributed by atoms with Crippen molar-refractivity contribution in [1.82, 2.24) is 4.90 Å². The van der Waals surface area contributed by atoms with Gasteiger partial charge >= 0.3 is 12.1 Å². The molecule has 16 heavy (non-hydrogen) atoms. The first-order valence-corrected chi connectivity index (χ1v) is 4.97. The van der Waals surface area contributed by atoms with Crippen molar-refractivity contribution in [2.24, 2.45) is 0 Å². The number of carbonyl (C=O) groups is 2. The lowest BCUT2D eigenvalue weighted by Gasteiger charge is -2.20. The van der Waals surface area contributed by atoms with Crippen LogP contribution in [-0.2, 0) is 9.53 Å². The summed E-state index contributed by atoms with van der Waals surface area (Å²) in [6, 6.07) is 0. The van der Waals surface area contributed by atoms with Gasteiger partial charge in [-0.15, -0.1) is 0 Å². The number of ether oxygens (including phenoxy) is 1. The second-order valence-corrected chi connectivity index (χ2v) is 3.07. The van der Waals surface area contributed by atoms with Gasteiger partial charge in [0.15, 0.2) is 0 Å². The highest BCUT2D eigenvalue weighted by Gasteiger charge is 2.15. The van der Waals surface area contributed by atoms with Gasteiger partial charge in [0.25, 0.3) is 0 Å². The third-order valence-corrected chi connectivity index (χ3v) is 1.76. The molecule has 1 amide bonds. The van der Waals surface area contributed by atoms with Crippen LogP contribution in [0.1, 0.15) is 12.8 Å². The van der Waals surface area contributed by atoms with Crippen LogP contribution in [0.4, 0.5) is 4.79 Å². The summed E-state index contributed by atoms with van der Waals surface area (Å²) in [5.74, 6) is -0.981. The third kappa shape index (κ3) is 6.83. The Morgan fingerprint density at radius 3 is 2.56 bits per heavy atom. The highest BCUT2D eigenvalue weighted by molar-refractivity contribution is 5.70. The average molecular weight is 231 g/mol. The second-order valence-electron chi connectivity index (χ2n) is 3.07. The molecule has 0 radical (unpaired) electrons. The summed E-state index contributed by atoms with van der Waals surface area (Å²) in [4.78, 5) is 23.0. The van der Waals surface area contributed by atoms with Crippen molar-refractivity contribution >= 4 is 12.1 Å². The summed E-state index contributed by atoms with van der Waals surface area (Å²) >= 11 is 0. The Morgan fingerprint density at radius 2 is 2.06 bits per heavy atom. The van der Waals surface area contributed by atoms with E-state index in [2.05, 4.69) is 6.58 Å². The fourth-order valence-electron chi connectivity index (χ4n) is 1.01. The minimum absolute atomic E-state index is 0.0572. The molecule has 6 heteroatoms.